The number of fused-ring (bicyclic) bond motifs is 1. The van der Waals surface area contributed by atoms with Crippen LogP contribution in [0.3, 0.4) is 0 Å². The molecule has 0 spiro atoms. The minimum atomic E-state index is -0.440. The highest BCUT2D eigenvalue weighted by Gasteiger charge is 2.12. The van der Waals surface area contributed by atoms with E-state index in [-0.39, 0.29) is 24.5 Å². The quantitative estimate of drug-likeness (QED) is 0.394. The number of urea groups is 1. The summed E-state index contributed by atoms with van der Waals surface area (Å²) in [5.74, 6) is -0.298. The monoisotopic (exact) mass is 477 g/mol. The Morgan fingerprint density at radius 3 is 2.53 bits per heavy atom. The molecular formula is C24H23N5O4S. The third kappa shape index (κ3) is 5.65. The maximum absolute atomic E-state index is 12.5. The van der Waals surface area contributed by atoms with Gasteiger partial charge in [-0.15, -0.1) is 0 Å². The highest BCUT2D eigenvalue weighted by atomic mass is 32.1. The zero-order chi connectivity index (χ0) is 24.1. The molecule has 4 aromatic rings. The number of nitrogens with one attached hydrogen (secondary N) is 2. The summed E-state index contributed by atoms with van der Waals surface area (Å²) in [5, 5.41) is 10.5. The fourth-order valence-electron chi connectivity index (χ4n) is 3.19. The minimum Gasteiger partial charge on any atom is -0.466 e. The number of hydrogen-bond donors (Lipinski definition) is 2. The Morgan fingerprint density at radius 2 is 1.82 bits per heavy atom. The van der Waals surface area contributed by atoms with E-state index in [9.17, 15) is 14.4 Å². The standard InChI is InChI=1S/C24H23N5O4S/c1-3-33-21(31)12-16-6-10-18(11-7-16)26-23(32)25-14-19-13-20(30)29-24(27-19)34-22(28-29)17-8-4-15(2)5-9-17/h4-11,13H,3,12,14H2,1-2H3,(H2,25,26,32). The second-order valence-corrected chi connectivity index (χ2v) is 8.50. The third-order valence-electron chi connectivity index (χ3n) is 4.89. The van der Waals surface area contributed by atoms with Crippen molar-refractivity contribution in [1.29, 1.82) is 0 Å². The smallest absolute Gasteiger partial charge is 0.319 e. The van der Waals surface area contributed by atoms with Crippen molar-refractivity contribution >= 4 is 34.0 Å². The lowest BCUT2D eigenvalue weighted by Gasteiger charge is -2.08. The molecule has 2 aromatic heterocycles. The second kappa shape index (κ2) is 10.3. The molecule has 2 heterocycles. The molecule has 9 nitrogen and oxygen atoms in total. The van der Waals surface area contributed by atoms with E-state index in [0.717, 1.165) is 16.7 Å². The van der Waals surface area contributed by atoms with Gasteiger partial charge >= 0.3 is 12.0 Å². The number of nitrogens with zero attached hydrogens (tertiary/aromatic N) is 3. The van der Waals surface area contributed by atoms with E-state index in [1.54, 1.807) is 31.2 Å². The van der Waals surface area contributed by atoms with Gasteiger partial charge < -0.3 is 15.4 Å². The van der Waals surface area contributed by atoms with Crippen molar-refractivity contribution in [2.45, 2.75) is 26.8 Å². The van der Waals surface area contributed by atoms with Crippen LogP contribution in [0.25, 0.3) is 15.5 Å². The number of rotatable bonds is 7. The van der Waals surface area contributed by atoms with Gasteiger partial charge in [0, 0.05) is 17.3 Å². The molecule has 0 aliphatic heterocycles. The summed E-state index contributed by atoms with van der Waals surface area (Å²) in [5.41, 5.74) is 3.53. The molecule has 2 N–H and O–H groups in total. The first kappa shape index (κ1) is 23.1. The van der Waals surface area contributed by atoms with Crippen molar-refractivity contribution in [3.05, 3.63) is 81.8 Å². The molecule has 34 heavy (non-hydrogen) atoms. The Bertz CT molecular complexity index is 1380. The van der Waals surface area contributed by atoms with Gasteiger partial charge in [-0.2, -0.15) is 9.61 Å². The number of aromatic nitrogens is 3. The lowest BCUT2D eigenvalue weighted by Crippen LogP contribution is -2.29. The lowest BCUT2D eigenvalue weighted by atomic mass is 10.1. The van der Waals surface area contributed by atoms with Crippen molar-refractivity contribution < 1.29 is 14.3 Å². The molecule has 0 saturated carbocycles. The Morgan fingerprint density at radius 1 is 1.09 bits per heavy atom. The largest absolute Gasteiger partial charge is 0.466 e. The average molecular weight is 478 g/mol. The van der Waals surface area contributed by atoms with Crippen molar-refractivity contribution in [2.24, 2.45) is 0 Å². The highest BCUT2D eigenvalue weighted by molar-refractivity contribution is 7.19. The molecule has 2 aromatic carbocycles. The topological polar surface area (TPSA) is 115 Å². The van der Waals surface area contributed by atoms with Crippen LogP contribution in [0, 0.1) is 6.92 Å². The molecule has 0 fully saturated rings. The molecule has 0 radical (unpaired) electrons. The number of carbonyl (C=O) groups excluding carboxylic acids is 2. The molecule has 0 unspecified atom stereocenters. The fourth-order valence-corrected chi connectivity index (χ4v) is 4.12. The van der Waals surface area contributed by atoms with Gasteiger partial charge in [-0.3, -0.25) is 9.59 Å². The number of esters is 1. The maximum Gasteiger partial charge on any atom is 0.319 e. The Labute approximate surface area is 199 Å². The predicted molar refractivity (Wildman–Crippen MR) is 130 cm³/mol. The van der Waals surface area contributed by atoms with Crippen LogP contribution < -0.4 is 16.2 Å². The molecule has 10 heteroatoms. The van der Waals surface area contributed by atoms with Gasteiger partial charge in [0.05, 0.1) is 25.3 Å². The fraction of sp³-hybridized carbons (Fsp3) is 0.208. The van der Waals surface area contributed by atoms with Crippen LogP contribution in [-0.4, -0.2) is 33.2 Å². The molecule has 0 aliphatic rings. The van der Waals surface area contributed by atoms with Gasteiger partial charge in [-0.1, -0.05) is 53.3 Å². The van der Waals surface area contributed by atoms with E-state index in [1.165, 1.54) is 21.9 Å². The summed E-state index contributed by atoms with van der Waals surface area (Å²) in [7, 11) is 0. The van der Waals surface area contributed by atoms with E-state index in [0.29, 0.717) is 28.0 Å². The molecule has 4 rings (SSSR count). The first-order chi connectivity index (χ1) is 16.4. The number of amides is 2. The average Bonchev–Trinajstić information content (AvgIpc) is 3.24. The maximum atomic E-state index is 12.5. The van der Waals surface area contributed by atoms with Crippen LogP contribution >= 0.6 is 11.3 Å². The van der Waals surface area contributed by atoms with E-state index >= 15 is 0 Å². The number of carbonyl (C=O) groups is 2. The molecular weight excluding hydrogens is 454 g/mol. The number of anilines is 1. The first-order valence-corrected chi connectivity index (χ1v) is 11.5. The SMILES string of the molecule is CCOC(=O)Cc1ccc(NC(=O)NCc2cc(=O)n3nc(-c4ccc(C)cc4)sc3n2)cc1. The van der Waals surface area contributed by atoms with Crippen LogP contribution in [-0.2, 0) is 22.5 Å². The summed E-state index contributed by atoms with van der Waals surface area (Å²) in [6.07, 6.45) is 0.174. The predicted octanol–water partition coefficient (Wildman–Crippen LogP) is 3.55. The van der Waals surface area contributed by atoms with Gasteiger partial charge in [0.2, 0.25) is 4.96 Å². The molecule has 2 amide bonds. The van der Waals surface area contributed by atoms with Gasteiger partial charge in [-0.25, -0.2) is 9.78 Å². The third-order valence-corrected chi connectivity index (χ3v) is 5.85. The van der Waals surface area contributed by atoms with E-state index < -0.39 is 6.03 Å². The van der Waals surface area contributed by atoms with Crippen molar-refractivity contribution in [3.8, 4) is 10.6 Å². The molecule has 0 aliphatic carbocycles. The van der Waals surface area contributed by atoms with E-state index in [2.05, 4.69) is 20.7 Å². The lowest BCUT2D eigenvalue weighted by molar-refractivity contribution is -0.142. The summed E-state index contributed by atoms with van der Waals surface area (Å²) < 4.78 is 6.19. The normalized spacial score (nSPS) is 10.8. The summed E-state index contributed by atoms with van der Waals surface area (Å²) >= 11 is 1.31. The van der Waals surface area contributed by atoms with Crippen LogP contribution in [0.5, 0.6) is 0 Å². The first-order valence-electron chi connectivity index (χ1n) is 10.7. The highest BCUT2D eigenvalue weighted by Crippen LogP contribution is 2.24. The molecule has 0 saturated heterocycles. The summed E-state index contributed by atoms with van der Waals surface area (Å²) in [6.45, 7) is 4.18. The van der Waals surface area contributed by atoms with E-state index in [1.807, 2.05) is 31.2 Å². The molecule has 0 atom stereocenters. The van der Waals surface area contributed by atoms with Crippen molar-refractivity contribution in [1.82, 2.24) is 19.9 Å². The minimum absolute atomic E-state index is 0.0796. The molecule has 174 valence electrons. The number of aryl methyl sites for hydroxylation is 1. The van der Waals surface area contributed by atoms with Gasteiger partial charge in [0.25, 0.3) is 5.56 Å². The van der Waals surface area contributed by atoms with Crippen LogP contribution in [0.15, 0.2) is 59.4 Å². The van der Waals surface area contributed by atoms with Crippen LogP contribution in [0.2, 0.25) is 0 Å². The van der Waals surface area contributed by atoms with Crippen molar-refractivity contribution in [3.63, 3.8) is 0 Å². The van der Waals surface area contributed by atoms with Gasteiger partial charge in [0.1, 0.15) is 5.01 Å². The molecule has 0 bridgehead atoms. The van der Waals surface area contributed by atoms with Crippen LogP contribution in [0.4, 0.5) is 10.5 Å². The number of hydrogen-bond acceptors (Lipinski definition) is 7. The number of benzene rings is 2. The van der Waals surface area contributed by atoms with Crippen LogP contribution in [0.1, 0.15) is 23.7 Å². The zero-order valence-electron chi connectivity index (χ0n) is 18.7. The summed E-state index contributed by atoms with van der Waals surface area (Å²) in [4.78, 5) is 41.2. The van der Waals surface area contributed by atoms with Crippen molar-refractivity contribution in [2.75, 3.05) is 11.9 Å². The number of ether oxygens (including phenoxy) is 1. The zero-order valence-corrected chi connectivity index (χ0v) is 19.5. The van der Waals surface area contributed by atoms with Gasteiger partial charge in [0.15, 0.2) is 0 Å². The van der Waals surface area contributed by atoms with Gasteiger partial charge in [-0.05, 0) is 31.5 Å². The van der Waals surface area contributed by atoms with E-state index in [4.69, 9.17) is 4.74 Å². The Kier molecular flexibility index (Phi) is 6.98. The Hall–Kier alpha value is -4.05. The Balaban J connectivity index is 1.38. The summed E-state index contributed by atoms with van der Waals surface area (Å²) in [6, 6.07) is 15.7. The second-order valence-electron chi connectivity index (χ2n) is 7.54.